The fourth-order valence-corrected chi connectivity index (χ4v) is 4.67. The Balaban J connectivity index is 1.48. The summed E-state index contributed by atoms with van der Waals surface area (Å²) in [6.07, 6.45) is 6.45. The zero-order chi connectivity index (χ0) is 21.2. The summed E-state index contributed by atoms with van der Waals surface area (Å²) in [5, 5.41) is 5.53. The Kier molecular flexibility index (Phi) is 5.26. The molecule has 0 amide bonds. The van der Waals surface area contributed by atoms with E-state index in [1.807, 2.05) is 25.3 Å². The number of aromatic nitrogens is 3. The van der Waals surface area contributed by atoms with Crippen molar-refractivity contribution < 1.29 is 4.39 Å². The fraction of sp³-hybridized carbons (Fsp3) is 0.167. The molecule has 0 atom stereocenters. The monoisotopic (exact) mass is 429 g/mol. The second-order valence-corrected chi connectivity index (χ2v) is 8.41. The molecule has 0 radical (unpaired) electrons. The first-order valence-corrected chi connectivity index (χ1v) is 11.0. The van der Waals surface area contributed by atoms with Crippen LogP contribution in [0.4, 0.5) is 10.1 Å². The van der Waals surface area contributed by atoms with Crippen LogP contribution in [0.2, 0.25) is 0 Å². The first-order valence-electron chi connectivity index (χ1n) is 10.1. The number of hydrogen-bond donors (Lipinski definition) is 1. The van der Waals surface area contributed by atoms with Crippen molar-refractivity contribution in [3.8, 4) is 21.1 Å². The van der Waals surface area contributed by atoms with E-state index in [1.165, 1.54) is 17.7 Å². The van der Waals surface area contributed by atoms with Gasteiger partial charge in [0.05, 0.1) is 33.4 Å². The van der Waals surface area contributed by atoms with E-state index >= 15 is 0 Å². The molecule has 0 unspecified atom stereocenters. The van der Waals surface area contributed by atoms with Crippen molar-refractivity contribution in [3.05, 3.63) is 83.7 Å². The second kappa shape index (κ2) is 8.35. The van der Waals surface area contributed by atoms with Crippen molar-refractivity contribution in [2.75, 3.05) is 5.43 Å². The maximum Gasteiger partial charge on any atom is 0.125 e. The van der Waals surface area contributed by atoms with Crippen LogP contribution in [0.3, 0.4) is 0 Å². The number of pyridine rings is 2. The molecule has 4 aromatic rings. The van der Waals surface area contributed by atoms with E-state index in [1.54, 1.807) is 29.7 Å². The van der Waals surface area contributed by atoms with Crippen LogP contribution in [-0.4, -0.2) is 20.7 Å². The summed E-state index contributed by atoms with van der Waals surface area (Å²) in [7, 11) is 0. The lowest BCUT2D eigenvalue weighted by atomic mass is 9.94. The molecule has 0 saturated carbocycles. The van der Waals surface area contributed by atoms with Crippen LogP contribution in [0.1, 0.15) is 29.8 Å². The molecule has 7 heteroatoms. The van der Waals surface area contributed by atoms with Gasteiger partial charge >= 0.3 is 0 Å². The van der Waals surface area contributed by atoms with Crippen molar-refractivity contribution in [2.45, 2.75) is 26.2 Å². The van der Waals surface area contributed by atoms with Crippen molar-refractivity contribution in [2.24, 2.45) is 5.10 Å². The Morgan fingerprint density at radius 3 is 2.71 bits per heavy atom. The highest BCUT2D eigenvalue weighted by Crippen LogP contribution is 2.35. The third-order valence-electron chi connectivity index (χ3n) is 5.21. The SMILES string of the molecule is Cc1nc(-c2cccnc2)sc1-c1ccc2c(n1)C(=NNc1ccc(F)cc1)CCC2. The zero-order valence-corrected chi connectivity index (χ0v) is 17.8. The largest absolute Gasteiger partial charge is 0.278 e. The number of hydrazone groups is 1. The molecule has 0 fully saturated rings. The minimum Gasteiger partial charge on any atom is -0.278 e. The Labute approximate surface area is 183 Å². The Bertz CT molecular complexity index is 1250. The average Bonchev–Trinajstić information content (AvgIpc) is 3.20. The predicted octanol–water partition coefficient (Wildman–Crippen LogP) is 5.87. The minimum absolute atomic E-state index is 0.266. The summed E-state index contributed by atoms with van der Waals surface area (Å²) in [5.74, 6) is -0.266. The molecule has 5 rings (SSSR count). The van der Waals surface area contributed by atoms with Crippen LogP contribution in [0.25, 0.3) is 21.1 Å². The highest BCUT2D eigenvalue weighted by Gasteiger charge is 2.20. The van der Waals surface area contributed by atoms with Crippen molar-refractivity contribution in [1.29, 1.82) is 0 Å². The van der Waals surface area contributed by atoms with Gasteiger partial charge in [-0.1, -0.05) is 6.07 Å². The fourth-order valence-electron chi connectivity index (χ4n) is 3.64. The summed E-state index contributed by atoms with van der Waals surface area (Å²) in [5.41, 5.74) is 9.69. The number of benzene rings is 1. The molecule has 0 aliphatic heterocycles. The number of fused-ring (bicyclic) bond motifs is 1. The van der Waals surface area contributed by atoms with Gasteiger partial charge < -0.3 is 0 Å². The molecular weight excluding hydrogens is 409 g/mol. The van der Waals surface area contributed by atoms with Gasteiger partial charge in [-0.05, 0) is 74.2 Å². The number of rotatable bonds is 4. The van der Waals surface area contributed by atoms with E-state index in [4.69, 9.17) is 9.97 Å². The van der Waals surface area contributed by atoms with Crippen LogP contribution in [0, 0.1) is 12.7 Å². The van der Waals surface area contributed by atoms with E-state index < -0.39 is 0 Å². The van der Waals surface area contributed by atoms with E-state index in [-0.39, 0.29) is 5.82 Å². The molecule has 31 heavy (non-hydrogen) atoms. The molecule has 3 aromatic heterocycles. The van der Waals surface area contributed by atoms with Gasteiger partial charge in [0.1, 0.15) is 10.8 Å². The molecular formula is C24H20FN5S. The van der Waals surface area contributed by atoms with E-state index in [0.717, 1.165) is 63.2 Å². The van der Waals surface area contributed by atoms with Gasteiger partial charge in [0.15, 0.2) is 0 Å². The van der Waals surface area contributed by atoms with Crippen LogP contribution >= 0.6 is 11.3 Å². The highest BCUT2D eigenvalue weighted by atomic mass is 32.1. The molecule has 154 valence electrons. The van der Waals surface area contributed by atoms with Crippen LogP contribution in [0.15, 0.2) is 66.0 Å². The molecule has 1 aliphatic rings. The summed E-state index contributed by atoms with van der Waals surface area (Å²) in [6.45, 7) is 2.01. The first-order chi connectivity index (χ1) is 15.2. The zero-order valence-electron chi connectivity index (χ0n) is 17.0. The topological polar surface area (TPSA) is 63.1 Å². The smallest absolute Gasteiger partial charge is 0.125 e. The Hall–Kier alpha value is -3.45. The number of anilines is 1. The van der Waals surface area contributed by atoms with Crippen molar-refractivity contribution in [3.63, 3.8) is 0 Å². The summed E-state index contributed by atoms with van der Waals surface area (Å²) >= 11 is 1.62. The second-order valence-electron chi connectivity index (χ2n) is 7.41. The Morgan fingerprint density at radius 2 is 1.90 bits per heavy atom. The van der Waals surface area contributed by atoms with Gasteiger partial charge in [-0.25, -0.2) is 14.4 Å². The van der Waals surface area contributed by atoms with E-state index in [9.17, 15) is 4.39 Å². The number of nitrogens with one attached hydrogen (secondary N) is 1. The van der Waals surface area contributed by atoms with Gasteiger partial charge in [0.25, 0.3) is 0 Å². The predicted molar refractivity (Wildman–Crippen MR) is 123 cm³/mol. The molecule has 1 aliphatic carbocycles. The lowest BCUT2D eigenvalue weighted by Crippen LogP contribution is -2.16. The van der Waals surface area contributed by atoms with Crippen LogP contribution in [0.5, 0.6) is 0 Å². The number of halogens is 1. The quantitative estimate of drug-likeness (QED) is 0.412. The van der Waals surface area contributed by atoms with Gasteiger partial charge in [0, 0.05) is 18.0 Å². The lowest BCUT2D eigenvalue weighted by Gasteiger charge is -2.18. The maximum atomic E-state index is 13.1. The molecule has 1 aromatic carbocycles. The van der Waals surface area contributed by atoms with Gasteiger partial charge in [-0.15, -0.1) is 11.3 Å². The molecule has 3 heterocycles. The van der Waals surface area contributed by atoms with Gasteiger partial charge in [-0.2, -0.15) is 5.10 Å². The first kappa shape index (κ1) is 19.5. The average molecular weight is 430 g/mol. The van der Waals surface area contributed by atoms with E-state index in [0.29, 0.717) is 0 Å². The molecule has 0 spiro atoms. The van der Waals surface area contributed by atoms with Crippen LogP contribution < -0.4 is 5.43 Å². The Morgan fingerprint density at radius 1 is 1.03 bits per heavy atom. The third kappa shape index (κ3) is 4.09. The molecule has 5 nitrogen and oxygen atoms in total. The summed E-state index contributed by atoms with van der Waals surface area (Å²) in [6, 6.07) is 14.3. The van der Waals surface area contributed by atoms with Crippen molar-refractivity contribution in [1.82, 2.24) is 15.0 Å². The third-order valence-corrected chi connectivity index (χ3v) is 6.44. The standard InChI is InChI=1S/C24H20FN5S/c1-15-23(31-24(27-15)17-5-3-13-26-14-17)21-12-7-16-4-2-6-20(22(16)28-21)30-29-19-10-8-18(25)9-11-19/h3,5,7-14,29H,2,4,6H2,1H3. The number of aryl methyl sites for hydroxylation is 2. The van der Waals surface area contributed by atoms with Crippen LogP contribution in [-0.2, 0) is 6.42 Å². The maximum absolute atomic E-state index is 13.1. The number of nitrogens with zero attached hydrogens (tertiary/aromatic N) is 4. The minimum atomic E-state index is -0.266. The summed E-state index contributed by atoms with van der Waals surface area (Å²) < 4.78 is 13.1. The van der Waals surface area contributed by atoms with E-state index in [2.05, 4.69) is 27.6 Å². The van der Waals surface area contributed by atoms with Gasteiger partial charge in [-0.3, -0.25) is 10.4 Å². The molecule has 1 N–H and O–H groups in total. The van der Waals surface area contributed by atoms with Crippen molar-refractivity contribution >= 4 is 22.7 Å². The normalized spacial score (nSPS) is 14.5. The summed E-state index contributed by atoms with van der Waals surface area (Å²) in [4.78, 5) is 15.0. The van der Waals surface area contributed by atoms with Gasteiger partial charge in [0.2, 0.25) is 0 Å². The highest BCUT2D eigenvalue weighted by molar-refractivity contribution is 7.18. The molecule has 0 bridgehead atoms. The molecule has 0 saturated heterocycles. The number of hydrogen-bond acceptors (Lipinski definition) is 6. The lowest BCUT2D eigenvalue weighted by molar-refractivity contribution is 0.628. The number of thiazole rings is 1.